The molecule has 0 atom stereocenters. The van der Waals surface area contributed by atoms with E-state index < -0.39 is 0 Å². The second-order valence-corrected chi connectivity index (χ2v) is 4.06. The van der Waals surface area contributed by atoms with Crippen molar-refractivity contribution in [2.45, 2.75) is 34.6 Å². The molecule has 86 valence electrons. The van der Waals surface area contributed by atoms with Gasteiger partial charge in [0.2, 0.25) is 0 Å². The van der Waals surface area contributed by atoms with Crippen LogP contribution in [-0.4, -0.2) is 4.98 Å². The number of pyridine rings is 1. The molecule has 0 bridgehead atoms. The molecule has 1 aromatic carbocycles. The van der Waals surface area contributed by atoms with E-state index in [9.17, 15) is 0 Å². The molecule has 1 heterocycles. The Bertz CT molecular complexity index is 504. The summed E-state index contributed by atoms with van der Waals surface area (Å²) in [6.07, 6.45) is 0. The predicted octanol–water partition coefficient (Wildman–Crippen LogP) is 4.84. The SMILES string of the molecule is CC.Cc1cc(C)c2ccc(Cl)c(C)c2n1. The number of hydrogen-bond donors (Lipinski definition) is 0. The summed E-state index contributed by atoms with van der Waals surface area (Å²) in [5.74, 6) is 0. The van der Waals surface area contributed by atoms with Crippen molar-refractivity contribution in [2.24, 2.45) is 0 Å². The zero-order chi connectivity index (χ0) is 12.3. The van der Waals surface area contributed by atoms with Gasteiger partial charge in [0, 0.05) is 16.1 Å². The molecule has 0 amide bonds. The first-order chi connectivity index (χ1) is 7.59. The van der Waals surface area contributed by atoms with Crippen molar-refractivity contribution < 1.29 is 0 Å². The van der Waals surface area contributed by atoms with Gasteiger partial charge in [-0.3, -0.25) is 4.98 Å². The molecule has 0 spiro atoms. The largest absolute Gasteiger partial charge is 0.253 e. The highest BCUT2D eigenvalue weighted by Gasteiger charge is 2.05. The zero-order valence-electron chi connectivity index (χ0n) is 10.6. The van der Waals surface area contributed by atoms with Gasteiger partial charge in [0.1, 0.15) is 0 Å². The summed E-state index contributed by atoms with van der Waals surface area (Å²) in [6.45, 7) is 10.1. The third kappa shape index (κ3) is 2.35. The monoisotopic (exact) mass is 235 g/mol. The molecule has 0 saturated heterocycles. The van der Waals surface area contributed by atoms with Gasteiger partial charge < -0.3 is 0 Å². The summed E-state index contributed by atoms with van der Waals surface area (Å²) in [6, 6.07) is 6.06. The maximum atomic E-state index is 6.05. The highest BCUT2D eigenvalue weighted by Crippen LogP contribution is 2.26. The van der Waals surface area contributed by atoms with E-state index >= 15 is 0 Å². The average Bonchev–Trinajstić information content (AvgIpc) is 2.27. The van der Waals surface area contributed by atoms with Crippen LogP contribution in [0.5, 0.6) is 0 Å². The van der Waals surface area contributed by atoms with Crippen LogP contribution in [0.25, 0.3) is 10.9 Å². The van der Waals surface area contributed by atoms with Crippen molar-refractivity contribution in [2.75, 3.05) is 0 Å². The van der Waals surface area contributed by atoms with E-state index in [-0.39, 0.29) is 0 Å². The normalized spacial score (nSPS) is 9.88. The molecule has 0 N–H and O–H groups in total. The maximum Gasteiger partial charge on any atom is 0.0751 e. The lowest BCUT2D eigenvalue weighted by molar-refractivity contribution is 1.22. The van der Waals surface area contributed by atoms with E-state index in [4.69, 9.17) is 11.6 Å². The lowest BCUT2D eigenvalue weighted by Crippen LogP contribution is -1.90. The minimum absolute atomic E-state index is 0.787. The van der Waals surface area contributed by atoms with E-state index in [0.29, 0.717) is 0 Å². The minimum atomic E-state index is 0.787. The van der Waals surface area contributed by atoms with E-state index in [1.165, 1.54) is 10.9 Å². The van der Waals surface area contributed by atoms with Gasteiger partial charge in [-0.1, -0.05) is 31.5 Å². The molecule has 0 aliphatic heterocycles. The van der Waals surface area contributed by atoms with Crippen LogP contribution in [0, 0.1) is 20.8 Å². The molecule has 0 radical (unpaired) electrons. The van der Waals surface area contributed by atoms with Crippen molar-refractivity contribution in [3.8, 4) is 0 Å². The summed E-state index contributed by atoms with van der Waals surface area (Å²) in [4.78, 5) is 4.51. The summed E-state index contributed by atoms with van der Waals surface area (Å²) in [7, 11) is 0. The number of benzene rings is 1. The van der Waals surface area contributed by atoms with Gasteiger partial charge in [-0.15, -0.1) is 0 Å². The Morgan fingerprint density at radius 3 is 2.31 bits per heavy atom. The molecular weight excluding hydrogens is 218 g/mol. The van der Waals surface area contributed by atoms with Crippen LogP contribution in [0.3, 0.4) is 0 Å². The van der Waals surface area contributed by atoms with Crippen LogP contribution < -0.4 is 0 Å². The number of aromatic nitrogens is 1. The average molecular weight is 236 g/mol. The molecule has 0 aliphatic carbocycles. The lowest BCUT2D eigenvalue weighted by Gasteiger charge is -2.07. The van der Waals surface area contributed by atoms with Crippen molar-refractivity contribution in [3.05, 3.63) is 40.0 Å². The minimum Gasteiger partial charge on any atom is -0.253 e. The van der Waals surface area contributed by atoms with Gasteiger partial charge in [-0.25, -0.2) is 0 Å². The van der Waals surface area contributed by atoms with Crippen LogP contribution in [0.4, 0.5) is 0 Å². The molecular formula is C14H18ClN. The molecule has 1 nitrogen and oxygen atoms in total. The van der Waals surface area contributed by atoms with Crippen molar-refractivity contribution in [1.82, 2.24) is 4.98 Å². The molecule has 0 unspecified atom stereocenters. The number of rotatable bonds is 0. The first-order valence-corrected chi connectivity index (χ1v) is 6.00. The van der Waals surface area contributed by atoms with Crippen LogP contribution in [-0.2, 0) is 0 Å². The molecule has 0 fully saturated rings. The number of hydrogen-bond acceptors (Lipinski definition) is 1. The fourth-order valence-corrected chi connectivity index (χ4v) is 1.89. The number of aryl methyl sites for hydroxylation is 3. The van der Waals surface area contributed by atoms with E-state index in [0.717, 1.165) is 21.8 Å². The number of nitrogens with zero attached hydrogens (tertiary/aromatic N) is 1. The maximum absolute atomic E-state index is 6.05. The highest BCUT2D eigenvalue weighted by molar-refractivity contribution is 6.32. The summed E-state index contributed by atoms with van der Waals surface area (Å²) in [5.41, 5.74) is 4.39. The Kier molecular flexibility index (Phi) is 4.31. The van der Waals surface area contributed by atoms with Gasteiger partial charge >= 0.3 is 0 Å². The Hall–Kier alpha value is -1.08. The van der Waals surface area contributed by atoms with Crippen molar-refractivity contribution in [3.63, 3.8) is 0 Å². The third-order valence-corrected chi connectivity index (χ3v) is 2.91. The molecule has 2 heteroatoms. The molecule has 2 aromatic rings. The summed E-state index contributed by atoms with van der Waals surface area (Å²) in [5, 5.41) is 1.98. The van der Waals surface area contributed by atoms with E-state index in [1.54, 1.807) is 0 Å². The quantitative estimate of drug-likeness (QED) is 0.637. The molecule has 0 aliphatic rings. The Labute approximate surface area is 102 Å². The topological polar surface area (TPSA) is 12.9 Å². The van der Waals surface area contributed by atoms with Crippen LogP contribution in [0.1, 0.15) is 30.7 Å². The molecule has 1 aromatic heterocycles. The fraction of sp³-hybridized carbons (Fsp3) is 0.357. The van der Waals surface area contributed by atoms with Crippen molar-refractivity contribution in [1.29, 1.82) is 0 Å². The second kappa shape index (κ2) is 5.31. The summed E-state index contributed by atoms with van der Waals surface area (Å²) < 4.78 is 0. The second-order valence-electron chi connectivity index (χ2n) is 3.65. The molecule has 0 saturated carbocycles. The predicted molar refractivity (Wildman–Crippen MR) is 72.3 cm³/mol. The van der Waals surface area contributed by atoms with E-state index in [1.807, 2.05) is 39.8 Å². The van der Waals surface area contributed by atoms with E-state index in [2.05, 4.69) is 18.0 Å². The standard InChI is InChI=1S/C12H12ClN.C2H6/c1-7-6-8(2)14-12-9(3)11(13)5-4-10(7)12;1-2/h4-6H,1-3H3;1-2H3. The van der Waals surface area contributed by atoms with Crippen LogP contribution in [0.15, 0.2) is 18.2 Å². The summed E-state index contributed by atoms with van der Waals surface area (Å²) >= 11 is 6.05. The number of halogens is 1. The van der Waals surface area contributed by atoms with Gasteiger partial charge in [-0.05, 0) is 44.0 Å². The Morgan fingerprint density at radius 1 is 1.06 bits per heavy atom. The first kappa shape index (κ1) is 13.0. The molecule has 16 heavy (non-hydrogen) atoms. The lowest BCUT2D eigenvalue weighted by atomic mass is 10.1. The van der Waals surface area contributed by atoms with Gasteiger partial charge in [-0.2, -0.15) is 0 Å². The van der Waals surface area contributed by atoms with Crippen LogP contribution in [0.2, 0.25) is 5.02 Å². The van der Waals surface area contributed by atoms with Gasteiger partial charge in [0.05, 0.1) is 5.52 Å². The first-order valence-electron chi connectivity index (χ1n) is 5.62. The highest BCUT2D eigenvalue weighted by atomic mass is 35.5. The Balaban J connectivity index is 0.000000606. The molecule has 2 rings (SSSR count). The fourth-order valence-electron chi connectivity index (χ4n) is 1.74. The van der Waals surface area contributed by atoms with Gasteiger partial charge in [0.25, 0.3) is 0 Å². The van der Waals surface area contributed by atoms with Crippen molar-refractivity contribution >= 4 is 22.5 Å². The third-order valence-electron chi connectivity index (χ3n) is 2.50. The van der Waals surface area contributed by atoms with Crippen LogP contribution >= 0.6 is 11.6 Å². The smallest absolute Gasteiger partial charge is 0.0751 e. The number of fused-ring (bicyclic) bond motifs is 1. The zero-order valence-corrected chi connectivity index (χ0v) is 11.3. The Morgan fingerprint density at radius 2 is 1.69 bits per heavy atom. The van der Waals surface area contributed by atoms with Gasteiger partial charge in [0.15, 0.2) is 0 Å².